The molecule has 0 unspecified atom stereocenters. The molecule has 0 atom stereocenters. The summed E-state index contributed by atoms with van der Waals surface area (Å²) in [5.41, 5.74) is 0.893. The van der Waals surface area contributed by atoms with Crippen molar-refractivity contribution in [2.45, 2.75) is 6.92 Å². The minimum Gasteiger partial charge on any atom is -0.450 e. The molecule has 0 spiro atoms. The van der Waals surface area contributed by atoms with E-state index in [1.54, 1.807) is 6.92 Å². The van der Waals surface area contributed by atoms with E-state index >= 15 is 0 Å². The highest BCUT2D eigenvalue weighted by Gasteiger charge is 2.07. The lowest BCUT2D eigenvalue weighted by Gasteiger charge is -2.06. The second-order valence-electron chi connectivity index (χ2n) is 3.29. The van der Waals surface area contributed by atoms with Gasteiger partial charge in [-0.25, -0.2) is 9.78 Å². The van der Waals surface area contributed by atoms with Gasteiger partial charge in [-0.2, -0.15) is 0 Å². The van der Waals surface area contributed by atoms with E-state index < -0.39 is 6.09 Å². The summed E-state index contributed by atoms with van der Waals surface area (Å²) in [6, 6.07) is 7.75. The van der Waals surface area contributed by atoms with Crippen LogP contribution in [-0.2, 0) is 4.74 Å². The molecule has 7 heteroatoms. The molecule has 0 saturated carbocycles. The first-order chi connectivity index (χ1) is 8.69. The van der Waals surface area contributed by atoms with Crippen LogP contribution in [0.1, 0.15) is 6.92 Å². The van der Waals surface area contributed by atoms with Crippen molar-refractivity contribution >= 4 is 50.1 Å². The van der Waals surface area contributed by atoms with E-state index in [2.05, 4.69) is 15.6 Å². The third-order valence-corrected chi connectivity index (χ3v) is 3.16. The number of aromatic nitrogens is 1. The van der Waals surface area contributed by atoms with Crippen molar-refractivity contribution in [2.24, 2.45) is 0 Å². The maximum atomic E-state index is 11.1. The molecule has 0 saturated heterocycles. The second-order valence-corrected chi connectivity index (χ2v) is 4.73. The number of hydrogen-bond donors (Lipinski definition) is 2. The van der Waals surface area contributed by atoms with Crippen LogP contribution in [-0.4, -0.2) is 22.8 Å². The highest BCUT2D eigenvalue weighted by atomic mass is 32.1. The lowest BCUT2D eigenvalue weighted by atomic mass is 10.3. The lowest BCUT2D eigenvalue weighted by Crippen LogP contribution is -2.34. The molecule has 2 N–H and O–H groups in total. The molecule has 0 bridgehead atoms. The number of ether oxygens (including phenoxy) is 1. The van der Waals surface area contributed by atoms with Gasteiger partial charge < -0.3 is 10.1 Å². The Bertz CT molecular complexity index is 549. The monoisotopic (exact) mass is 281 g/mol. The van der Waals surface area contributed by atoms with Crippen LogP contribution in [0, 0.1) is 0 Å². The Morgan fingerprint density at radius 1 is 1.50 bits per heavy atom. The Morgan fingerprint density at radius 2 is 2.28 bits per heavy atom. The lowest BCUT2D eigenvalue weighted by molar-refractivity contribution is 0.158. The maximum absolute atomic E-state index is 11.1. The summed E-state index contributed by atoms with van der Waals surface area (Å²) in [6.07, 6.45) is -0.573. The topological polar surface area (TPSA) is 63.2 Å². The summed E-state index contributed by atoms with van der Waals surface area (Å²) in [4.78, 5) is 15.5. The molecule has 18 heavy (non-hydrogen) atoms. The quantitative estimate of drug-likeness (QED) is 0.829. The highest BCUT2D eigenvalue weighted by molar-refractivity contribution is 7.80. The van der Waals surface area contributed by atoms with Crippen LogP contribution < -0.4 is 10.6 Å². The van der Waals surface area contributed by atoms with E-state index in [1.807, 2.05) is 24.3 Å². The van der Waals surface area contributed by atoms with E-state index in [1.165, 1.54) is 11.3 Å². The van der Waals surface area contributed by atoms with Gasteiger partial charge in [0.25, 0.3) is 0 Å². The number of thiazole rings is 1. The van der Waals surface area contributed by atoms with Gasteiger partial charge in [0.05, 0.1) is 16.8 Å². The number of nitrogens with zero attached hydrogens (tertiary/aromatic N) is 1. The molecule has 5 nitrogen and oxygen atoms in total. The smallest absolute Gasteiger partial charge is 0.413 e. The number of fused-ring (bicyclic) bond motifs is 1. The molecule has 0 aliphatic heterocycles. The summed E-state index contributed by atoms with van der Waals surface area (Å²) in [5.74, 6) is 0. The average Bonchev–Trinajstić information content (AvgIpc) is 2.70. The highest BCUT2D eigenvalue weighted by Crippen LogP contribution is 2.25. The largest absolute Gasteiger partial charge is 0.450 e. The van der Waals surface area contributed by atoms with Crippen LogP contribution in [0.4, 0.5) is 9.93 Å². The number of carbonyl (C=O) groups is 1. The first-order valence-electron chi connectivity index (χ1n) is 5.29. The van der Waals surface area contributed by atoms with E-state index in [0.717, 1.165) is 10.2 Å². The van der Waals surface area contributed by atoms with Gasteiger partial charge in [0.2, 0.25) is 0 Å². The summed E-state index contributed by atoms with van der Waals surface area (Å²) < 4.78 is 5.77. The van der Waals surface area contributed by atoms with Crippen molar-refractivity contribution in [1.82, 2.24) is 10.3 Å². The molecular weight excluding hydrogens is 270 g/mol. The maximum Gasteiger partial charge on any atom is 0.413 e. The van der Waals surface area contributed by atoms with Crippen molar-refractivity contribution in [3.05, 3.63) is 24.3 Å². The zero-order valence-electron chi connectivity index (χ0n) is 9.60. The van der Waals surface area contributed by atoms with Crippen LogP contribution in [0.2, 0.25) is 0 Å². The zero-order chi connectivity index (χ0) is 13.0. The number of anilines is 1. The number of benzene rings is 1. The molecular formula is C11H11N3O2S2. The Kier molecular flexibility index (Phi) is 4.06. The van der Waals surface area contributed by atoms with Gasteiger partial charge in [-0.15, -0.1) is 0 Å². The Morgan fingerprint density at radius 3 is 3.00 bits per heavy atom. The molecule has 1 aromatic heterocycles. The van der Waals surface area contributed by atoms with Crippen LogP contribution in [0.15, 0.2) is 24.3 Å². The molecule has 1 aromatic carbocycles. The second kappa shape index (κ2) is 5.74. The molecule has 2 rings (SSSR count). The number of alkyl carbamates (subject to hydrolysis) is 1. The van der Waals surface area contributed by atoms with Gasteiger partial charge in [0.1, 0.15) is 0 Å². The standard InChI is InChI=1S/C11H11N3O2S2/c1-2-16-11(15)14-9(17)13-10-12-7-5-3-4-6-8(7)18-10/h3-6H,2H2,1H3,(H2,12,13,14,15,17). The van der Waals surface area contributed by atoms with Crippen molar-refractivity contribution in [2.75, 3.05) is 11.9 Å². The molecule has 1 heterocycles. The fraction of sp³-hybridized carbons (Fsp3) is 0.182. The van der Waals surface area contributed by atoms with Crippen LogP contribution in [0.5, 0.6) is 0 Å². The van der Waals surface area contributed by atoms with Crippen molar-refractivity contribution in [1.29, 1.82) is 0 Å². The summed E-state index contributed by atoms with van der Waals surface area (Å²) >= 11 is 6.44. The first-order valence-corrected chi connectivity index (χ1v) is 6.52. The van der Waals surface area contributed by atoms with Gasteiger partial charge in [-0.05, 0) is 31.3 Å². The fourth-order valence-corrected chi connectivity index (χ4v) is 2.43. The number of rotatable bonds is 2. The molecule has 94 valence electrons. The average molecular weight is 281 g/mol. The van der Waals surface area contributed by atoms with Crippen molar-refractivity contribution in [3.63, 3.8) is 0 Å². The molecule has 0 radical (unpaired) electrons. The Hall–Kier alpha value is -1.73. The van der Waals surface area contributed by atoms with E-state index in [9.17, 15) is 4.79 Å². The van der Waals surface area contributed by atoms with Crippen molar-refractivity contribution < 1.29 is 9.53 Å². The van der Waals surface area contributed by atoms with Gasteiger partial charge in [0.15, 0.2) is 10.2 Å². The Balaban J connectivity index is 2.00. The van der Waals surface area contributed by atoms with Gasteiger partial charge in [0, 0.05) is 0 Å². The number of para-hydroxylation sites is 1. The van der Waals surface area contributed by atoms with Gasteiger partial charge >= 0.3 is 6.09 Å². The SMILES string of the molecule is CCOC(=O)NC(=S)Nc1nc2ccccc2s1. The van der Waals surface area contributed by atoms with E-state index in [-0.39, 0.29) is 5.11 Å². The van der Waals surface area contributed by atoms with E-state index in [0.29, 0.717) is 11.7 Å². The third-order valence-electron chi connectivity index (χ3n) is 2.01. The third kappa shape index (κ3) is 3.14. The van der Waals surface area contributed by atoms with Gasteiger partial charge in [-0.1, -0.05) is 23.5 Å². The van der Waals surface area contributed by atoms with Crippen LogP contribution in [0.3, 0.4) is 0 Å². The van der Waals surface area contributed by atoms with Gasteiger partial charge in [-0.3, -0.25) is 5.32 Å². The number of carbonyl (C=O) groups excluding carboxylic acids is 1. The predicted octanol–water partition coefficient (Wildman–Crippen LogP) is 2.74. The number of nitrogens with one attached hydrogen (secondary N) is 2. The zero-order valence-corrected chi connectivity index (χ0v) is 11.2. The van der Waals surface area contributed by atoms with Crippen LogP contribution in [0.25, 0.3) is 10.2 Å². The normalized spacial score (nSPS) is 10.1. The number of hydrogen-bond acceptors (Lipinski definition) is 5. The Labute approximate surface area is 113 Å². The number of thiocarbonyl (C=S) groups is 1. The van der Waals surface area contributed by atoms with E-state index in [4.69, 9.17) is 17.0 Å². The molecule has 2 aromatic rings. The summed E-state index contributed by atoms with van der Waals surface area (Å²) in [6.45, 7) is 2.03. The van der Waals surface area contributed by atoms with Crippen LogP contribution >= 0.6 is 23.6 Å². The minimum absolute atomic E-state index is 0.174. The molecule has 0 aliphatic carbocycles. The first kappa shape index (κ1) is 12.7. The molecule has 0 fully saturated rings. The molecule has 0 aliphatic rings. The minimum atomic E-state index is -0.573. The molecule has 1 amide bonds. The summed E-state index contributed by atoms with van der Waals surface area (Å²) in [7, 11) is 0. The predicted molar refractivity (Wildman–Crippen MR) is 76.0 cm³/mol. The fourth-order valence-electron chi connectivity index (χ4n) is 1.31. The summed E-state index contributed by atoms with van der Waals surface area (Å²) in [5, 5.41) is 6.06. The van der Waals surface area contributed by atoms with Crippen molar-refractivity contribution in [3.8, 4) is 0 Å². The number of amides is 1.